The molecular formula is C20H20N6O4S2. The van der Waals surface area contributed by atoms with Crippen LogP contribution in [0.2, 0.25) is 0 Å². The Hall–Kier alpha value is -3.38. The van der Waals surface area contributed by atoms with E-state index in [4.69, 9.17) is 14.2 Å². The molecule has 0 atom stereocenters. The van der Waals surface area contributed by atoms with Crippen LogP contribution in [0.1, 0.15) is 6.92 Å². The normalized spacial score (nSPS) is 10.8. The van der Waals surface area contributed by atoms with Crippen molar-refractivity contribution < 1.29 is 19.0 Å². The number of tetrazole rings is 1. The number of aromatic nitrogens is 5. The van der Waals surface area contributed by atoms with Gasteiger partial charge in [0.25, 0.3) is 0 Å². The molecule has 2 heterocycles. The second-order valence-electron chi connectivity index (χ2n) is 6.33. The third kappa shape index (κ3) is 4.75. The molecule has 2 aromatic heterocycles. The van der Waals surface area contributed by atoms with Crippen molar-refractivity contribution in [3.05, 3.63) is 36.4 Å². The third-order valence-electron chi connectivity index (χ3n) is 4.30. The molecular weight excluding hydrogens is 452 g/mol. The third-order valence-corrected chi connectivity index (χ3v) is 6.16. The average Bonchev–Trinajstić information content (AvgIpc) is 3.43. The summed E-state index contributed by atoms with van der Waals surface area (Å²) in [6.07, 6.45) is 0. The Bertz CT molecular complexity index is 1240. The van der Waals surface area contributed by atoms with Crippen molar-refractivity contribution in [3.63, 3.8) is 0 Å². The molecule has 0 saturated carbocycles. The molecule has 1 N–H and O–H groups in total. The Morgan fingerprint density at radius 3 is 2.78 bits per heavy atom. The van der Waals surface area contributed by atoms with Gasteiger partial charge >= 0.3 is 0 Å². The lowest BCUT2D eigenvalue weighted by atomic mass is 10.3. The van der Waals surface area contributed by atoms with E-state index in [1.807, 2.05) is 25.1 Å². The van der Waals surface area contributed by atoms with Crippen LogP contribution in [0.4, 0.5) is 5.13 Å². The number of nitrogens with zero attached hydrogens (tertiary/aromatic N) is 5. The molecule has 0 spiro atoms. The number of carbonyl (C=O) groups excluding carboxylic acids is 1. The maximum Gasteiger partial charge on any atom is 0.236 e. The summed E-state index contributed by atoms with van der Waals surface area (Å²) in [4.78, 5) is 16.9. The molecule has 10 nitrogen and oxygen atoms in total. The Morgan fingerprint density at radius 1 is 1.16 bits per heavy atom. The first kappa shape index (κ1) is 21.8. The molecule has 0 fully saturated rings. The molecule has 0 saturated heterocycles. The number of methoxy groups -OCH3 is 2. The van der Waals surface area contributed by atoms with Gasteiger partial charge in [-0.2, -0.15) is 4.68 Å². The van der Waals surface area contributed by atoms with Crippen LogP contribution in [-0.4, -0.2) is 57.7 Å². The quantitative estimate of drug-likeness (QED) is 0.366. The molecule has 2 aromatic carbocycles. The number of nitrogens with one attached hydrogen (secondary N) is 1. The largest absolute Gasteiger partial charge is 0.494 e. The monoisotopic (exact) mass is 472 g/mol. The fraction of sp³-hybridized carbons (Fsp3) is 0.250. The summed E-state index contributed by atoms with van der Waals surface area (Å²) < 4.78 is 18.6. The van der Waals surface area contributed by atoms with Crippen LogP contribution in [0.25, 0.3) is 15.9 Å². The highest BCUT2D eigenvalue weighted by molar-refractivity contribution is 7.99. The van der Waals surface area contributed by atoms with Gasteiger partial charge in [0.15, 0.2) is 16.6 Å². The first-order valence-corrected chi connectivity index (χ1v) is 11.4. The first-order chi connectivity index (χ1) is 15.6. The van der Waals surface area contributed by atoms with Gasteiger partial charge in [-0.15, -0.1) is 5.10 Å². The molecule has 0 aliphatic rings. The van der Waals surface area contributed by atoms with Crippen molar-refractivity contribution in [2.75, 3.05) is 31.9 Å². The van der Waals surface area contributed by atoms with Gasteiger partial charge in [0.1, 0.15) is 5.75 Å². The maximum absolute atomic E-state index is 12.5. The smallest absolute Gasteiger partial charge is 0.236 e. The zero-order valence-corrected chi connectivity index (χ0v) is 19.2. The molecule has 32 heavy (non-hydrogen) atoms. The van der Waals surface area contributed by atoms with Crippen molar-refractivity contribution in [1.82, 2.24) is 25.2 Å². The number of anilines is 1. The van der Waals surface area contributed by atoms with E-state index in [0.717, 1.165) is 16.0 Å². The summed E-state index contributed by atoms with van der Waals surface area (Å²) in [6.45, 7) is 2.52. The molecule has 4 aromatic rings. The molecule has 4 rings (SSSR count). The predicted molar refractivity (Wildman–Crippen MR) is 122 cm³/mol. The maximum atomic E-state index is 12.5. The van der Waals surface area contributed by atoms with Gasteiger partial charge in [0.2, 0.25) is 11.1 Å². The number of ether oxygens (including phenoxy) is 3. The van der Waals surface area contributed by atoms with Crippen LogP contribution in [0.15, 0.2) is 41.6 Å². The summed E-state index contributed by atoms with van der Waals surface area (Å²) in [5, 5.41) is 15.6. The Balaban J connectivity index is 1.42. The first-order valence-electron chi connectivity index (χ1n) is 9.58. The van der Waals surface area contributed by atoms with Crippen LogP contribution >= 0.6 is 23.1 Å². The van der Waals surface area contributed by atoms with E-state index < -0.39 is 0 Å². The topological polar surface area (TPSA) is 113 Å². The average molecular weight is 473 g/mol. The van der Waals surface area contributed by atoms with Crippen molar-refractivity contribution in [3.8, 4) is 22.9 Å². The molecule has 0 radical (unpaired) electrons. The number of thioether (sulfide) groups is 1. The highest BCUT2D eigenvalue weighted by Crippen LogP contribution is 2.31. The Morgan fingerprint density at radius 2 is 2.00 bits per heavy atom. The minimum atomic E-state index is -0.207. The standard InChI is InChI=1S/C20H20N6O4S2/c1-4-30-13-6-7-14-17(10-13)32-19(21-14)22-18(27)11-31-20-23-24-25-26(20)12-5-8-15(28-2)16(9-12)29-3/h5-10H,4,11H2,1-3H3,(H,21,22,27). The molecule has 0 bridgehead atoms. The van der Waals surface area contributed by atoms with Gasteiger partial charge in [-0.1, -0.05) is 23.1 Å². The SMILES string of the molecule is CCOc1ccc2nc(NC(=O)CSc3nnnn3-c3ccc(OC)c(OC)c3)sc2c1. The number of thiazole rings is 1. The lowest BCUT2D eigenvalue weighted by molar-refractivity contribution is -0.113. The van der Waals surface area contributed by atoms with E-state index >= 15 is 0 Å². The lowest BCUT2D eigenvalue weighted by Crippen LogP contribution is -2.14. The van der Waals surface area contributed by atoms with E-state index in [2.05, 4.69) is 25.8 Å². The summed E-state index contributed by atoms with van der Waals surface area (Å²) in [6, 6.07) is 11.0. The van der Waals surface area contributed by atoms with Crippen molar-refractivity contribution in [2.45, 2.75) is 12.1 Å². The second-order valence-corrected chi connectivity index (χ2v) is 8.30. The summed E-state index contributed by atoms with van der Waals surface area (Å²) >= 11 is 2.61. The number of rotatable bonds is 9. The Labute approximate surface area is 191 Å². The van der Waals surface area contributed by atoms with Crippen molar-refractivity contribution in [1.29, 1.82) is 0 Å². The van der Waals surface area contributed by atoms with Crippen molar-refractivity contribution >= 4 is 44.4 Å². The predicted octanol–water partition coefficient (Wildman–Crippen LogP) is 3.42. The molecule has 1 amide bonds. The number of amides is 1. The van der Waals surface area contributed by atoms with Crippen LogP contribution in [0.3, 0.4) is 0 Å². The zero-order valence-electron chi connectivity index (χ0n) is 17.6. The van der Waals surface area contributed by atoms with E-state index in [9.17, 15) is 4.79 Å². The van der Waals surface area contributed by atoms with Crippen molar-refractivity contribution in [2.24, 2.45) is 0 Å². The van der Waals surface area contributed by atoms with Crippen LogP contribution in [0.5, 0.6) is 17.2 Å². The number of hydrogen-bond donors (Lipinski definition) is 1. The van der Waals surface area contributed by atoms with Crippen LogP contribution in [-0.2, 0) is 4.79 Å². The summed E-state index contributed by atoms with van der Waals surface area (Å²) in [7, 11) is 3.12. The second kappa shape index (κ2) is 9.83. The fourth-order valence-electron chi connectivity index (χ4n) is 2.89. The highest BCUT2D eigenvalue weighted by atomic mass is 32.2. The van der Waals surface area contributed by atoms with E-state index in [1.165, 1.54) is 27.8 Å². The fourth-order valence-corrected chi connectivity index (χ4v) is 4.49. The lowest BCUT2D eigenvalue weighted by Gasteiger charge is -2.10. The number of fused-ring (bicyclic) bond motifs is 1. The molecule has 0 aliphatic carbocycles. The van der Waals surface area contributed by atoms with Crippen LogP contribution < -0.4 is 19.5 Å². The minimum absolute atomic E-state index is 0.119. The van der Waals surface area contributed by atoms with Gasteiger partial charge in [-0.05, 0) is 47.7 Å². The zero-order chi connectivity index (χ0) is 22.5. The van der Waals surface area contributed by atoms with E-state index in [-0.39, 0.29) is 11.7 Å². The number of carbonyl (C=O) groups is 1. The van der Waals surface area contributed by atoms with Gasteiger partial charge in [0.05, 0.1) is 42.5 Å². The molecule has 0 unspecified atom stereocenters. The highest BCUT2D eigenvalue weighted by Gasteiger charge is 2.15. The van der Waals surface area contributed by atoms with E-state index in [0.29, 0.717) is 34.1 Å². The molecule has 166 valence electrons. The minimum Gasteiger partial charge on any atom is -0.494 e. The van der Waals surface area contributed by atoms with Gasteiger partial charge in [-0.25, -0.2) is 4.98 Å². The van der Waals surface area contributed by atoms with Gasteiger partial charge in [0, 0.05) is 6.07 Å². The molecule has 0 aliphatic heterocycles. The van der Waals surface area contributed by atoms with E-state index in [1.54, 1.807) is 32.4 Å². The molecule has 12 heteroatoms. The van der Waals surface area contributed by atoms with Crippen LogP contribution in [0, 0.1) is 0 Å². The van der Waals surface area contributed by atoms with Gasteiger partial charge < -0.3 is 19.5 Å². The summed E-state index contributed by atoms with van der Waals surface area (Å²) in [5.74, 6) is 1.84. The van der Waals surface area contributed by atoms with Gasteiger partial charge in [-0.3, -0.25) is 4.79 Å². The summed E-state index contributed by atoms with van der Waals surface area (Å²) in [5.41, 5.74) is 1.49. The number of hydrogen-bond acceptors (Lipinski definition) is 10. The number of benzene rings is 2. The Kier molecular flexibility index (Phi) is 6.71.